The molecule has 0 bridgehead atoms. The Balaban J connectivity index is 2.25. The molecule has 0 spiro atoms. The van der Waals surface area contributed by atoms with Crippen LogP contribution < -0.4 is 10.1 Å². The highest BCUT2D eigenvalue weighted by molar-refractivity contribution is 7.81. The molecule has 100 valence electrons. The van der Waals surface area contributed by atoms with E-state index in [1.165, 1.54) is 0 Å². The zero-order valence-corrected chi connectivity index (χ0v) is 12.0. The van der Waals surface area contributed by atoms with Crippen molar-refractivity contribution in [3.05, 3.63) is 29.8 Å². The van der Waals surface area contributed by atoms with Gasteiger partial charge in [-0.3, -0.25) is 4.79 Å². The van der Waals surface area contributed by atoms with Crippen molar-refractivity contribution in [2.75, 3.05) is 13.2 Å². The van der Waals surface area contributed by atoms with E-state index in [4.69, 9.17) is 4.74 Å². The molecule has 0 saturated carbocycles. The van der Waals surface area contributed by atoms with E-state index in [0.29, 0.717) is 13.2 Å². The smallest absolute Gasteiger partial charge is 0.233 e. The van der Waals surface area contributed by atoms with Crippen molar-refractivity contribution >= 4 is 18.5 Å². The molecule has 0 fully saturated rings. The Morgan fingerprint density at radius 1 is 1.44 bits per heavy atom. The number of aryl methyl sites for hydroxylation is 1. The van der Waals surface area contributed by atoms with Gasteiger partial charge >= 0.3 is 0 Å². The predicted octanol–water partition coefficient (Wildman–Crippen LogP) is 2.44. The van der Waals surface area contributed by atoms with Crippen LogP contribution in [0.3, 0.4) is 0 Å². The summed E-state index contributed by atoms with van der Waals surface area (Å²) >= 11 is 4.25. The Morgan fingerprint density at radius 2 is 2.17 bits per heavy atom. The van der Waals surface area contributed by atoms with Gasteiger partial charge in [-0.25, -0.2) is 0 Å². The number of thiol groups is 1. The molecule has 0 heterocycles. The average molecular weight is 267 g/mol. The minimum Gasteiger partial charge on any atom is -0.492 e. The van der Waals surface area contributed by atoms with Crippen LogP contribution in [0.1, 0.15) is 19.4 Å². The molecule has 0 aliphatic rings. The number of benzene rings is 1. The van der Waals surface area contributed by atoms with E-state index in [-0.39, 0.29) is 17.1 Å². The molecule has 0 aliphatic heterocycles. The van der Waals surface area contributed by atoms with Crippen molar-refractivity contribution in [1.82, 2.24) is 5.32 Å². The molecule has 1 amide bonds. The zero-order chi connectivity index (χ0) is 13.5. The van der Waals surface area contributed by atoms with E-state index in [2.05, 4.69) is 17.9 Å². The lowest BCUT2D eigenvalue weighted by atomic mass is 10.1. The zero-order valence-electron chi connectivity index (χ0n) is 11.1. The molecule has 0 aromatic heterocycles. The van der Waals surface area contributed by atoms with Crippen LogP contribution >= 0.6 is 12.6 Å². The second-order valence-corrected chi connectivity index (χ2v) is 5.20. The molecule has 1 N–H and O–H groups in total. The molecule has 0 aliphatic carbocycles. The van der Waals surface area contributed by atoms with Crippen molar-refractivity contribution in [2.45, 2.75) is 26.0 Å². The van der Waals surface area contributed by atoms with Gasteiger partial charge in [-0.15, -0.1) is 0 Å². The highest BCUT2D eigenvalue weighted by Gasteiger charge is 2.16. The van der Waals surface area contributed by atoms with Gasteiger partial charge in [0.1, 0.15) is 12.4 Å². The van der Waals surface area contributed by atoms with E-state index < -0.39 is 0 Å². The summed E-state index contributed by atoms with van der Waals surface area (Å²) in [5.74, 6) is 1.02. The molecular weight excluding hydrogens is 246 g/mol. The lowest BCUT2D eigenvalue weighted by molar-refractivity contribution is -0.121. The Kier molecular flexibility index (Phi) is 6.05. The molecule has 1 aromatic rings. The number of hydrogen-bond donors (Lipinski definition) is 2. The van der Waals surface area contributed by atoms with Gasteiger partial charge in [-0.1, -0.05) is 26.0 Å². The van der Waals surface area contributed by atoms with Crippen molar-refractivity contribution in [3.63, 3.8) is 0 Å². The van der Waals surface area contributed by atoms with E-state index in [0.717, 1.165) is 11.3 Å². The van der Waals surface area contributed by atoms with Crippen molar-refractivity contribution < 1.29 is 9.53 Å². The Morgan fingerprint density at radius 3 is 2.78 bits per heavy atom. The van der Waals surface area contributed by atoms with E-state index in [1.807, 2.05) is 45.0 Å². The van der Waals surface area contributed by atoms with Gasteiger partial charge < -0.3 is 10.1 Å². The van der Waals surface area contributed by atoms with E-state index >= 15 is 0 Å². The highest BCUT2D eigenvalue weighted by Crippen LogP contribution is 2.12. The lowest BCUT2D eigenvalue weighted by Gasteiger charge is -2.14. The molecule has 18 heavy (non-hydrogen) atoms. The average Bonchev–Trinajstić information content (AvgIpc) is 2.33. The maximum Gasteiger partial charge on any atom is 0.233 e. The van der Waals surface area contributed by atoms with E-state index in [1.54, 1.807) is 0 Å². The number of carbonyl (C=O) groups is 1. The summed E-state index contributed by atoms with van der Waals surface area (Å²) in [7, 11) is 0. The number of rotatable bonds is 6. The fourth-order valence-corrected chi connectivity index (χ4v) is 1.55. The van der Waals surface area contributed by atoms with Crippen LogP contribution in [0.2, 0.25) is 0 Å². The number of ether oxygens (including phenoxy) is 1. The molecular formula is C14H21NO2S. The first-order valence-corrected chi connectivity index (χ1v) is 6.67. The first-order chi connectivity index (χ1) is 8.50. The third kappa shape index (κ3) is 5.00. The molecule has 1 rings (SSSR count). The molecule has 1 aromatic carbocycles. The van der Waals surface area contributed by atoms with Gasteiger partial charge in [0, 0.05) is 0 Å². The standard InChI is InChI=1S/C14H21NO2S/c1-10(2)13(18)14(16)15-7-8-17-12-6-4-5-11(3)9-12/h4-6,9-10,13,18H,7-8H2,1-3H3,(H,15,16). The fraction of sp³-hybridized carbons (Fsp3) is 0.500. The Bertz CT molecular complexity index is 393. The van der Waals surface area contributed by atoms with Gasteiger partial charge in [-0.2, -0.15) is 12.6 Å². The first-order valence-electron chi connectivity index (χ1n) is 6.16. The van der Waals surface area contributed by atoms with Gasteiger partial charge in [0.2, 0.25) is 5.91 Å². The Labute approximate surface area is 114 Å². The molecule has 1 atom stereocenters. The highest BCUT2D eigenvalue weighted by atomic mass is 32.1. The Hall–Kier alpha value is -1.16. The third-order valence-corrected chi connectivity index (χ3v) is 3.39. The van der Waals surface area contributed by atoms with Crippen LogP contribution in [0.4, 0.5) is 0 Å². The molecule has 0 saturated heterocycles. The van der Waals surface area contributed by atoms with Crippen LogP contribution in [0.25, 0.3) is 0 Å². The monoisotopic (exact) mass is 267 g/mol. The number of amides is 1. The predicted molar refractivity (Wildman–Crippen MR) is 77.3 cm³/mol. The summed E-state index contributed by atoms with van der Waals surface area (Å²) in [5.41, 5.74) is 1.16. The largest absolute Gasteiger partial charge is 0.492 e. The lowest BCUT2D eigenvalue weighted by Crippen LogP contribution is -2.36. The van der Waals surface area contributed by atoms with Crippen LogP contribution in [0.15, 0.2) is 24.3 Å². The first kappa shape index (κ1) is 14.9. The van der Waals surface area contributed by atoms with Crippen molar-refractivity contribution in [3.8, 4) is 5.75 Å². The summed E-state index contributed by atoms with van der Waals surface area (Å²) in [4.78, 5) is 11.6. The fourth-order valence-electron chi connectivity index (χ4n) is 1.46. The van der Waals surface area contributed by atoms with Crippen LogP contribution in [0.5, 0.6) is 5.75 Å². The molecule has 3 nitrogen and oxygen atoms in total. The van der Waals surface area contributed by atoms with Crippen molar-refractivity contribution in [2.24, 2.45) is 5.92 Å². The van der Waals surface area contributed by atoms with E-state index in [9.17, 15) is 4.79 Å². The summed E-state index contributed by atoms with van der Waals surface area (Å²) in [6.07, 6.45) is 0. The number of hydrogen-bond acceptors (Lipinski definition) is 3. The number of carbonyl (C=O) groups excluding carboxylic acids is 1. The van der Waals surface area contributed by atoms with Crippen LogP contribution in [-0.4, -0.2) is 24.3 Å². The van der Waals surface area contributed by atoms with Crippen LogP contribution in [-0.2, 0) is 4.79 Å². The maximum atomic E-state index is 11.6. The summed E-state index contributed by atoms with van der Waals surface area (Å²) in [5, 5.41) is 2.55. The van der Waals surface area contributed by atoms with Crippen LogP contribution in [0, 0.1) is 12.8 Å². The molecule has 1 unspecified atom stereocenters. The molecule has 4 heteroatoms. The second kappa shape index (κ2) is 7.31. The summed E-state index contributed by atoms with van der Waals surface area (Å²) < 4.78 is 5.54. The van der Waals surface area contributed by atoms with Crippen molar-refractivity contribution in [1.29, 1.82) is 0 Å². The number of nitrogens with one attached hydrogen (secondary N) is 1. The van der Waals surface area contributed by atoms with Gasteiger partial charge in [0.05, 0.1) is 11.8 Å². The topological polar surface area (TPSA) is 38.3 Å². The molecule has 0 radical (unpaired) electrons. The van der Waals surface area contributed by atoms with Gasteiger partial charge in [0.15, 0.2) is 0 Å². The minimum absolute atomic E-state index is 0.0406. The quantitative estimate of drug-likeness (QED) is 0.614. The second-order valence-electron chi connectivity index (χ2n) is 4.64. The van der Waals surface area contributed by atoms with Gasteiger partial charge in [-0.05, 0) is 30.5 Å². The maximum absolute atomic E-state index is 11.6. The van der Waals surface area contributed by atoms with Gasteiger partial charge in [0.25, 0.3) is 0 Å². The summed E-state index contributed by atoms with van der Waals surface area (Å²) in [6, 6.07) is 7.84. The summed E-state index contributed by atoms with van der Waals surface area (Å²) in [6.45, 7) is 6.92. The minimum atomic E-state index is -0.260. The SMILES string of the molecule is Cc1cccc(OCCNC(=O)C(S)C(C)C)c1. The normalized spacial score (nSPS) is 12.3. The third-order valence-electron chi connectivity index (χ3n) is 2.56.